The molecule has 1 aromatic heterocycles. The van der Waals surface area contributed by atoms with E-state index in [1.54, 1.807) is 6.20 Å². The molecular weight excluding hydrogens is 290 g/mol. The number of imidazole rings is 1. The molecule has 0 saturated carbocycles. The van der Waals surface area contributed by atoms with Crippen LogP contribution in [-0.4, -0.2) is 66.4 Å². The lowest BCUT2D eigenvalue weighted by Crippen LogP contribution is -2.49. The van der Waals surface area contributed by atoms with Gasteiger partial charge in [0.05, 0.1) is 0 Å². The average Bonchev–Trinajstić information content (AvgIpc) is 2.82. The summed E-state index contributed by atoms with van der Waals surface area (Å²) in [6.45, 7) is 8.57. The van der Waals surface area contributed by atoms with Gasteiger partial charge in [-0.05, 0) is 13.3 Å². The van der Waals surface area contributed by atoms with Crippen molar-refractivity contribution in [2.75, 3.05) is 39.3 Å². The highest BCUT2D eigenvalue weighted by Gasteiger charge is 2.30. The Kier molecular flexibility index (Phi) is 5.37. The molecule has 2 N–H and O–H groups in total. The lowest BCUT2D eigenvalue weighted by molar-refractivity contribution is 0.192. The van der Waals surface area contributed by atoms with Gasteiger partial charge < -0.3 is 10.3 Å². The second-order valence-corrected chi connectivity index (χ2v) is 7.24. The van der Waals surface area contributed by atoms with Crippen LogP contribution >= 0.6 is 0 Å². The summed E-state index contributed by atoms with van der Waals surface area (Å²) in [4.78, 5) is 6.42. The number of nitrogens with zero attached hydrogens (tertiary/aromatic N) is 4. The van der Waals surface area contributed by atoms with E-state index in [-0.39, 0.29) is 5.03 Å². The minimum Gasteiger partial charge on any atom is -0.334 e. The number of hydrogen-bond donors (Lipinski definition) is 1. The molecule has 1 fully saturated rings. The van der Waals surface area contributed by atoms with Crippen LogP contribution in [0.3, 0.4) is 0 Å². The number of aryl methyl sites for hydroxylation is 2. The van der Waals surface area contributed by atoms with Crippen molar-refractivity contribution in [2.45, 2.75) is 31.8 Å². The monoisotopic (exact) mass is 315 g/mol. The van der Waals surface area contributed by atoms with Gasteiger partial charge in [0.2, 0.25) is 0 Å². The van der Waals surface area contributed by atoms with Crippen molar-refractivity contribution in [3.05, 3.63) is 12.0 Å². The van der Waals surface area contributed by atoms with Crippen LogP contribution in [0.15, 0.2) is 11.2 Å². The van der Waals surface area contributed by atoms with E-state index in [1.165, 1.54) is 4.31 Å². The molecule has 0 radical (unpaired) electrons. The van der Waals surface area contributed by atoms with Gasteiger partial charge in [-0.3, -0.25) is 4.90 Å². The minimum atomic E-state index is -3.48. The van der Waals surface area contributed by atoms with Gasteiger partial charge in [-0.15, -0.1) is 0 Å². The molecule has 120 valence electrons. The molecule has 1 aliphatic heterocycles. The van der Waals surface area contributed by atoms with E-state index in [9.17, 15) is 8.42 Å². The predicted molar refractivity (Wildman–Crippen MR) is 81.5 cm³/mol. The van der Waals surface area contributed by atoms with Gasteiger partial charge in [-0.1, -0.05) is 6.92 Å². The number of sulfonamides is 1. The van der Waals surface area contributed by atoms with Gasteiger partial charge in [0.25, 0.3) is 10.0 Å². The highest BCUT2D eigenvalue weighted by molar-refractivity contribution is 7.89. The van der Waals surface area contributed by atoms with Crippen LogP contribution in [0.1, 0.15) is 19.2 Å². The van der Waals surface area contributed by atoms with Crippen LogP contribution in [-0.2, 0) is 16.6 Å². The quantitative estimate of drug-likeness (QED) is 0.790. The van der Waals surface area contributed by atoms with E-state index in [0.29, 0.717) is 19.6 Å². The van der Waals surface area contributed by atoms with Gasteiger partial charge in [-0.2, -0.15) is 4.31 Å². The van der Waals surface area contributed by atoms with Crippen LogP contribution in [0.4, 0.5) is 0 Å². The molecule has 2 rings (SSSR count). The first kappa shape index (κ1) is 16.4. The fraction of sp³-hybridized carbons (Fsp3) is 0.769. The van der Waals surface area contributed by atoms with Gasteiger partial charge >= 0.3 is 0 Å². The standard InChI is InChI=1S/C13H25N5O2S/c1-3-5-17-11-13(15-12(17)2)21(19,20)18-9-7-16(6-4-14)8-10-18/h11H,3-10,14H2,1-2H3. The minimum absolute atomic E-state index is 0.167. The predicted octanol–water partition coefficient (Wildman–Crippen LogP) is -0.133. The topological polar surface area (TPSA) is 84.5 Å². The van der Waals surface area contributed by atoms with Crippen LogP contribution < -0.4 is 5.73 Å². The normalized spacial score (nSPS) is 18.2. The summed E-state index contributed by atoms with van der Waals surface area (Å²) in [6, 6.07) is 0. The third kappa shape index (κ3) is 3.63. The molecule has 7 nitrogen and oxygen atoms in total. The van der Waals surface area contributed by atoms with E-state index in [4.69, 9.17) is 5.73 Å². The van der Waals surface area contributed by atoms with Gasteiger partial charge in [0, 0.05) is 52.0 Å². The molecule has 0 aromatic carbocycles. The number of rotatable bonds is 6. The summed E-state index contributed by atoms with van der Waals surface area (Å²) in [7, 11) is -3.48. The first-order chi connectivity index (χ1) is 9.98. The van der Waals surface area contributed by atoms with Crippen molar-refractivity contribution < 1.29 is 8.42 Å². The zero-order chi connectivity index (χ0) is 15.5. The molecule has 2 heterocycles. The van der Waals surface area contributed by atoms with Crippen molar-refractivity contribution in [3.63, 3.8) is 0 Å². The molecule has 0 amide bonds. The Hall–Kier alpha value is -0.960. The maximum absolute atomic E-state index is 12.6. The first-order valence-electron chi connectivity index (χ1n) is 7.45. The second-order valence-electron chi connectivity index (χ2n) is 5.35. The Labute approximate surface area is 126 Å². The van der Waals surface area contributed by atoms with Gasteiger partial charge in [0.1, 0.15) is 5.82 Å². The van der Waals surface area contributed by atoms with Crippen LogP contribution in [0.5, 0.6) is 0 Å². The van der Waals surface area contributed by atoms with Crippen molar-refractivity contribution >= 4 is 10.0 Å². The van der Waals surface area contributed by atoms with Crippen molar-refractivity contribution in [2.24, 2.45) is 5.73 Å². The molecule has 1 saturated heterocycles. The number of hydrogen-bond acceptors (Lipinski definition) is 5. The summed E-state index contributed by atoms with van der Waals surface area (Å²) in [5, 5.41) is 0.167. The van der Waals surface area contributed by atoms with E-state index in [1.807, 2.05) is 11.5 Å². The smallest absolute Gasteiger partial charge is 0.262 e. The molecule has 0 aliphatic carbocycles. The summed E-state index contributed by atoms with van der Waals surface area (Å²) in [6.07, 6.45) is 2.61. The van der Waals surface area contributed by atoms with Crippen molar-refractivity contribution in [1.29, 1.82) is 0 Å². The zero-order valence-electron chi connectivity index (χ0n) is 12.8. The summed E-state index contributed by atoms with van der Waals surface area (Å²) in [5.74, 6) is 0.747. The number of aromatic nitrogens is 2. The summed E-state index contributed by atoms with van der Waals surface area (Å²) in [5.41, 5.74) is 5.53. The van der Waals surface area contributed by atoms with Crippen LogP contribution in [0.25, 0.3) is 0 Å². The summed E-state index contributed by atoms with van der Waals surface area (Å²) >= 11 is 0. The fourth-order valence-corrected chi connectivity index (χ4v) is 4.00. The van der Waals surface area contributed by atoms with Gasteiger partial charge in [0.15, 0.2) is 5.03 Å². The number of piperazine rings is 1. The van der Waals surface area contributed by atoms with Crippen LogP contribution in [0, 0.1) is 6.92 Å². The van der Waals surface area contributed by atoms with Crippen molar-refractivity contribution in [3.8, 4) is 0 Å². The van der Waals surface area contributed by atoms with E-state index in [2.05, 4.69) is 16.8 Å². The Morgan fingerprint density at radius 1 is 1.24 bits per heavy atom. The van der Waals surface area contributed by atoms with Gasteiger partial charge in [-0.25, -0.2) is 13.4 Å². The fourth-order valence-electron chi connectivity index (χ4n) is 2.58. The molecule has 8 heteroatoms. The average molecular weight is 315 g/mol. The van der Waals surface area contributed by atoms with E-state index in [0.717, 1.165) is 38.4 Å². The Morgan fingerprint density at radius 2 is 1.90 bits per heavy atom. The highest BCUT2D eigenvalue weighted by atomic mass is 32.2. The largest absolute Gasteiger partial charge is 0.334 e. The van der Waals surface area contributed by atoms with Crippen LogP contribution in [0.2, 0.25) is 0 Å². The van der Waals surface area contributed by atoms with E-state index >= 15 is 0 Å². The Balaban J connectivity index is 2.10. The lowest BCUT2D eigenvalue weighted by Gasteiger charge is -2.33. The molecule has 0 atom stereocenters. The van der Waals surface area contributed by atoms with Crippen molar-refractivity contribution in [1.82, 2.24) is 18.8 Å². The molecule has 0 unspecified atom stereocenters. The molecule has 21 heavy (non-hydrogen) atoms. The first-order valence-corrected chi connectivity index (χ1v) is 8.89. The molecule has 1 aliphatic rings. The van der Waals surface area contributed by atoms with E-state index < -0.39 is 10.0 Å². The SMILES string of the molecule is CCCn1cc(S(=O)(=O)N2CCN(CCN)CC2)nc1C. The summed E-state index contributed by atoms with van der Waals surface area (Å²) < 4.78 is 28.7. The number of nitrogens with two attached hydrogens (primary N) is 1. The maximum atomic E-state index is 12.6. The molecule has 1 aromatic rings. The third-order valence-electron chi connectivity index (χ3n) is 3.80. The second kappa shape index (κ2) is 6.87. The Bertz CT molecular complexity index is 561. The molecule has 0 bridgehead atoms. The molecular formula is C13H25N5O2S. The highest BCUT2D eigenvalue weighted by Crippen LogP contribution is 2.17. The molecule has 0 spiro atoms. The third-order valence-corrected chi connectivity index (χ3v) is 5.57. The lowest BCUT2D eigenvalue weighted by atomic mass is 10.3. The Morgan fingerprint density at radius 3 is 2.48 bits per heavy atom. The maximum Gasteiger partial charge on any atom is 0.262 e. The zero-order valence-corrected chi connectivity index (χ0v) is 13.6.